The van der Waals surface area contributed by atoms with Gasteiger partial charge in [-0.25, -0.2) is 4.98 Å². The molecule has 0 bridgehead atoms. The van der Waals surface area contributed by atoms with E-state index in [2.05, 4.69) is 20.9 Å². The zero-order chi connectivity index (χ0) is 9.14. The van der Waals surface area contributed by atoms with Crippen molar-refractivity contribution < 1.29 is 5.11 Å². The third-order valence-corrected chi connectivity index (χ3v) is 1.82. The van der Waals surface area contributed by atoms with Gasteiger partial charge in [-0.3, -0.25) is 0 Å². The largest absolute Gasteiger partial charge is 0.506 e. The average molecular weight is 231 g/mol. The minimum Gasteiger partial charge on any atom is -0.506 e. The molecule has 0 radical (unpaired) electrons. The zero-order valence-corrected chi connectivity index (χ0v) is 8.67. The Balaban J connectivity index is 2.90. The third kappa shape index (κ3) is 2.46. The lowest BCUT2D eigenvalue weighted by Crippen LogP contribution is -2.12. The third-order valence-electron chi connectivity index (χ3n) is 1.38. The SMILES string of the molecule is CN(C)Cc1nc(Br)ccc1O. The normalized spacial score (nSPS) is 10.7. The van der Waals surface area contributed by atoms with Crippen LogP contribution >= 0.6 is 15.9 Å². The van der Waals surface area contributed by atoms with Gasteiger partial charge in [0.25, 0.3) is 0 Å². The monoisotopic (exact) mass is 230 g/mol. The minimum atomic E-state index is 0.243. The molecule has 4 heteroatoms. The molecule has 0 saturated heterocycles. The lowest BCUT2D eigenvalue weighted by molar-refractivity contribution is 0.378. The Morgan fingerprint density at radius 3 is 2.75 bits per heavy atom. The first-order valence-electron chi connectivity index (χ1n) is 3.58. The molecule has 0 aromatic carbocycles. The topological polar surface area (TPSA) is 36.4 Å². The molecule has 0 unspecified atom stereocenters. The summed E-state index contributed by atoms with van der Waals surface area (Å²) in [4.78, 5) is 6.09. The van der Waals surface area contributed by atoms with Crippen molar-refractivity contribution in [1.82, 2.24) is 9.88 Å². The van der Waals surface area contributed by atoms with Crippen molar-refractivity contribution in [2.75, 3.05) is 14.1 Å². The first-order valence-corrected chi connectivity index (χ1v) is 4.38. The predicted octanol–water partition coefficient (Wildman–Crippen LogP) is 1.61. The summed E-state index contributed by atoms with van der Waals surface area (Å²) >= 11 is 3.25. The maximum Gasteiger partial charge on any atom is 0.138 e. The number of hydrogen-bond acceptors (Lipinski definition) is 3. The maximum atomic E-state index is 9.37. The maximum absolute atomic E-state index is 9.37. The van der Waals surface area contributed by atoms with E-state index in [1.165, 1.54) is 0 Å². The van der Waals surface area contributed by atoms with E-state index in [0.29, 0.717) is 12.2 Å². The van der Waals surface area contributed by atoms with Crippen LogP contribution in [0.5, 0.6) is 5.75 Å². The van der Waals surface area contributed by atoms with Gasteiger partial charge in [0.2, 0.25) is 0 Å². The van der Waals surface area contributed by atoms with Gasteiger partial charge in [-0.2, -0.15) is 0 Å². The Morgan fingerprint density at radius 2 is 2.17 bits per heavy atom. The van der Waals surface area contributed by atoms with E-state index in [1.54, 1.807) is 12.1 Å². The molecule has 0 saturated carbocycles. The second kappa shape index (κ2) is 3.87. The van der Waals surface area contributed by atoms with Crippen LogP contribution in [0.2, 0.25) is 0 Å². The molecule has 66 valence electrons. The van der Waals surface area contributed by atoms with Crippen LogP contribution in [0.15, 0.2) is 16.7 Å². The van der Waals surface area contributed by atoms with Crippen LogP contribution in [0, 0.1) is 0 Å². The van der Waals surface area contributed by atoms with Crippen molar-refractivity contribution in [3.8, 4) is 5.75 Å². The van der Waals surface area contributed by atoms with E-state index in [0.717, 1.165) is 4.60 Å². The Labute approximate surface area is 80.2 Å². The summed E-state index contributed by atoms with van der Waals surface area (Å²) in [6.45, 7) is 0.644. The molecule has 3 nitrogen and oxygen atoms in total. The summed E-state index contributed by atoms with van der Waals surface area (Å²) in [6.07, 6.45) is 0. The molecule has 0 spiro atoms. The van der Waals surface area contributed by atoms with Crippen LogP contribution in [0.4, 0.5) is 0 Å². The number of halogens is 1. The highest BCUT2D eigenvalue weighted by Crippen LogP contribution is 2.18. The fourth-order valence-corrected chi connectivity index (χ4v) is 1.23. The number of aromatic hydroxyl groups is 1. The summed E-state index contributed by atoms with van der Waals surface area (Å²) < 4.78 is 0.747. The molecule has 1 heterocycles. The fourth-order valence-electron chi connectivity index (χ4n) is 0.883. The van der Waals surface area contributed by atoms with Crippen molar-refractivity contribution in [2.45, 2.75) is 6.54 Å². The lowest BCUT2D eigenvalue weighted by atomic mass is 10.3. The van der Waals surface area contributed by atoms with E-state index in [-0.39, 0.29) is 5.75 Å². The van der Waals surface area contributed by atoms with Crippen molar-refractivity contribution in [2.24, 2.45) is 0 Å². The van der Waals surface area contributed by atoms with Crippen LogP contribution < -0.4 is 0 Å². The van der Waals surface area contributed by atoms with Gasteiger partial charge >= 0.3 is 0 Å². The summed E-state index contributed by atoms with van der Waals surface area (Å²) in [5, 5.41) is 9.37. The predicted molar refractivity (Wildman–Crippen MR) is 51.0 cm³/mol. The zero-order valence-electron chi connectivity index (χ0n) is 7.08. The highest BCUT2D eigenvalue weighted by atomic mass is 79.9. The molecule has 1 aromatic heterocycles. The standard InChI is InChI=1S/C8H11BrN2O/c1-11(2)5-6-7(12)3-4-8(9)10-6/h3-4,12H,5H2,1-2H3. The van der Waals surface area contributed by atoms with Gasteiger partial charge in [-0.05, 0) is 42.2 Å². The Bertz CT molecular complexity index is 276. The number of aromatic nitrogens is 1. The first kappa shape index (κ1) is 9.48. The van der Waals surface area contributed by atoms with Crippen LogP contribution in [-0.2, 0) is 6.54 Å². The van der Waals surface area contributed by atoms with Crippen molar-refractivity contribution in [3.63, 3.8) is 0 Å². The molecular weight excluding hydrogens is 220 g/mol. The molecular formula is C8H11BrN2O. The number of hydrogen-bond donors (Lipinski definition) is 1. The minimum absolute atomic E-state index is 0.243. The molecule has 0 aliphatic rings. The van der Waals surface area contributed by atoms with Crippen molar-refractivity contribution in [1.29, 1.82) is 0 Å². The molecule has 0 amide bonds. The molecule has 1 rings (SSSR count). The van der Waals surface area contributed by atoms with E-state index < -0.39 is 0 Å². The molecule has 0 aliphatic heterocycles. The van der Waals surface area contributed by atoms with Gasteiger partial charge < -0.3 is 10.0 Å². The molecule has 12 heavy (non-hydrogen) atoms. The van der Waals surface area contributed by atoms with Crippen LogP contribution in [0.3, 0.4) is 0 Å². The average Bonchev–Trinajstić information content (AvgIpc) is 1.96. The van der Waals surface area contributed by atoms with Gasteiger partial charge in [0, 0.05) is 6.54 Å². The van der Waals surface area contributed by atoms with Gasteiger partial charge in [0.15, 0.2) is 0 Å². The molecule has 0 fully saturated rings. The summed E-state index contributed by atoms with van der Waals surface area (Å²) in [5.74, 6) is 0.243. The number of rotatable bonds is 2. The lowest BCUT2D eigenvalue weighted by Gasteiger charge is -2.09. The molecule has 1 aromatic rings. The van der Waals surface area contributed by atoms with Gasteiger partial charge in [0.1, 0.15) is 10.4 Å². The summed E-state index contributed by atoms with van der Waals surface area (Å²) in [7, 11) is 3.87. The van der Waals surface area contributed by atoms with E-state index in [9.17, 15) is 5.11 Å². The van der Waals surface area contributed by atoms with Crippen molar-refractivity contribution >= 4 is 15.9 Å². The summed E-state index contributed by atoms with van der Waals surface area (Å²) in [6, 6.07) is 3.35. The van der Waals surface area contributed by atoms with E-state index >= 15 is 0 Å². The van der Waals surface area contributed by atoms with Gasteiger partial charge in [-0.1, -0.05) is 0 Å². The fraction of sp³-hybridized carbons (Fsp3) is 0.375. The van der Waals surface area contributed by atoms with Crippen LogP contribution in [-0.4, -0.2) is 29.1 Å². The second-order valence-electron chi connectivity index (χ2n) is 2.84. The highest BCUT2D eigenvalue weighted by Gasteiger charge is 2.03. The summed E-state index contributed by atoms with van der Waals surface area (Å²) in [5.41, 5.74) is 0.689. The first-order chi connectivity index (χ1) is 5.59. The van der Waals surface area contributed by atoms with Crippen LogP contribution in [0.1, 0.15) is 5.69 Å². The Morgan fingerprint density at radius 1 is 1.50 bits per heavy atom. The van der Waals surface area contributed by atoms with Gasteiger partial charge in [-0.15, -0.1) is 0 Å². The second-order valence-corrected chi connectivity index (χ2v) is 3.65. The highest BCUT2D eigenvalue weighted by molar-refractivity contribution is 9.10. The van der Waals surface area contributed by atoms with Crippen LogP contribution in [0.25, 0.3) is 0 Å². The van der Waals surface area contributed by atoms with Gasteiger partial charge in [0.05, 0.1) is 5.69 Å². The van der Waals surface area contributed by atoms with Crippen molar-refractivity contribution in [3.05, 3.63) is 22.4 Å². The van der Waals surface area contributed by atoms with E-state index in [4.69, 9.17) is 0 Å². The number of pyridine rings is 1. The smallest absolute Gasteiger partial charge is 0.138 e. The quantitative estimate of drug-likeness (QED) is 0.785. The van der Waals surface area contributed by atoms with E-state index in [1.807, 2.05) is 19.0 Å². The molecule has 1 N–H and O–H groups in total. The molecule has 0 atom stereocenters. The molecule has 0 aliphatic carbocycles. The Kier molecular flexibility index (Phi) is 3.05. The Hall–Kier alpha value is -0.610. The number of nitrogens with zero attached hydrogens (tertiary/aromatic N) is 2.